The highest BCUT2D eigenvalue weighted by Crippen LogP contribution is 2.47. The standard InChI is InChI=1S/C16H27NO4/c1-11(18)12-5-6-16(13(12)19)7-9-17(10-8-16)14(20)21-15(2,3)4/h11-12,18H,5-10H2,1-4H3/t11-,12+/m1/s1. The number of nitrogens with zero attached hydrogens (tertiary/aromatic N) is 1. The second-order valence-electron chi connectivity index (χ2n) is 7.50. The molecule has 2 fully saturated rings. The van der Waals surface area contributed by atoms with Crippen molar-refractivity contribution >= 4 is 11.9 Å². The van der Waals surface area contributed by atoms with Crippen LogP contribution in [0.15, 0.2) is 0 Å². The lowest BCUT2D eigenvalue weighted by atomic mass is 9.75. The van der Waals surface area contributed by atoms with Gasteiger partial charge in [0.05, 0.1) is 6.10 Å². The topological polar surface area (TPSA) is 66.8 Å². The van der Waals surface area contributed by atoms with Crippen molar-refractivity contribution in [1.29, 1.82) is 0 Å². The number of carbonyl (C=O) groups excluding carboxylic acids is 2. The molecule has 5 heteroatoms. The first-order chi connectivity index (χ1) is 9.65. The number of hydrogen-bond acceptors (Lipinski definition) is 4. The summed E-state index contributed by atoms with van der Waals surface area (Å²) in [5.74, 6) is -0.0283. The van der Waals surface area contributed by atoms with Gasteiger partial charge in [-0.15, -0.1) is 0 Å². The Hall–Kier alpha value is -1.10. The van der Waals surface area contributed by atoms with Crippen molar-refractivity contribution in [3.05, 3.63) is 0 Å². The molecule has 0 aromatic carbocycles. The molecular formula is C16H27NO4. The van der Waals surface area contributed by atoms with E-state index < -0.39 is 11.7 Å². The van der Waals surface area contributed by atoms with Crippen LogP contribution in [0.25, 0.3) is 0 Å². The fourth-order valence-electron chi connectivity index (χ4n) is 3.48. The van der Waals surface area contributed by atoms with Crippen LogP contribution in [0.1, 0.15) is 53.4 Å². The van der Waals surface area contributed by atoms with Gasteiger partial charge in [0.1, 0.15) is 11.4 Å². The third kappa shape index (κ3) is 3.39. The fourth-order valence-corrected chi connectivity index (χ4v) is 3.48. The molecular weight excluding hydrogens is 270 g/mol. The Morgan fingerprint density at radius 3 is 2.33 bits per heavy atom. The van der Waals surface area contributed by atoms with E-state index in [4.69, 9.17) is 4.74 Å². The van der Waals surface area contributed by atoms with Crippen LogP contribution < -0.4 is 0 Å². The van der Waals surface area contributed by atoms with Crippen molar-refractivity contribution in [1.82, 2.24) is 4.90 Å². The van der Waals surface area contributed by atoms with Crippen LogP contribution in [0.5, 0.6) is 0 Å². The molecule has 1 saturated heterocycles. The summed E-state index contributed by atoms with van der Waals surface area (Å²) >= 11 is 0. The molecule has 21 heavy (non-hydrogen) atoms. The van der Waals surface area contributed by atoms with Gasteiger partial charge in [-0.05, 0) is 53.4 Å². The van der Waals surface area contributed by atoms with Gasteiger partial charge >= 0.3 is 6.09 Å². The number of Topliss-reactive ketones (excluding diaryl/α,β-unsaturated/α-hetero) is 1. The second-order valence-corrected chi connectivity index (χ2v) is 7.50. The molecule has 1 N–H and O–H groups in total. The van der Waals surface area contributed by atoms with Crippen LogP contribution in [-0.2, 0) is 9.53 Å². The van der Waals surface area contributed by atoms with Crippen LogP contribution in [0.3, 0.4) is 0 Å². The zero-order valence-corrected chi connectivity index (χ0v) is 13.5. The first-order valence-corrected chi connectivity index (χ1v) is 7.85. The largest absolute Gasteiger partial charge is 0.444 e. The van der Waals surface area contributed by atoms with Crippen molar-refractivity contribution in [2.45, 2.75) is 65.1 Å². The van der Waals surface area contributed by atoms with Crippen molar-refractivity contribution in [2.75, 3.05) is 13.1 Å². The Bertz CT molecular complexity index is 416. The number of aliphatic hydroxyl groups excluding tert-OH is 1. The van der Waals surface area contributed by atoms with Crippen molar-refractivity contribution < 1.29 is 19.4 Å². The average Bonchev–Trinajstić information content (AvgIpc) is 2.66. The number of hydrogen-bond donors (Lipinski definition) is 1. The van der Waals surface area contributed by atoms with Gasteiger partial charge in [0, 0.05) is 24.4 Å². The van der Waals surface area contributed by atoms with E-state index in [1.807, 2.05) is 20.8 Å². The van der Waals surface area contributed by atoms with Crippen LogP contribution in [0, 0.1) is 11.3 Å². The first kappa shape index (κ1) is 16.3. The van der Waals surface area contributed by atoms with Gasteiger partial charge in [-0.2, -0.15) is 0 Å². The van der Waals surface area contributed by atoms with Crippen LogP contribution in [0.4, 0.5) is 4.79 Å². The minimum absolute atomic E-state index is 0.196. The number of aliphatic hydroxyl groups is 1. The normalized spacial score (nSPS) is 27.0. The quantitative estimate of drug-likeness (QED) is 0.807. The summed E-state index contributed by atoms with van der Waals surface area (Å²) in [6, 6.07) is 0. The lowest BCUT2D eigenvalue weighted by Crippen LogP contribution is -2.47. The highest BCUT2D eigenvalue weighted by atomic mass is 16.6. The average molecular weight is 297 g/mol. The third-order valence-electron chi connectivity index (χ3n) is 4.75. The van der Waals surface area contributed by atoms with Gasteiger partial charge in [-0.25, -0.2) is 4.79 Å². The maximum atomic E-state index is 12.5. The number of rotatable bonds is 1. The molecule has 0 aromatic heterocycles. The Morgan fingerprint density at radius 2 is 1.90 bits per heavy atom. The molecule has 2 aliphatic rings. The predicted molar refractivity (Wildman–Crippen MR) is 78.9 cm³/mol. The van der Waals surface area contributed by atoms with Crippen molar-refractivity contribution in [3.8, 4) is 0 Å². The summed E-state index contributed by atoms with van der Waals surface area (Å²) in [5, 5.41) is 9.70. The first-order valence-electron chi connectivity index (χ1n) is 7.85. The van der Waals surface area contributed by atoms with Crippen molar-refractivity contribution in [3.63, 3.8) is 0 Å². The molecule has 2 rings (SSSR count). The number of ketones is 1. The smallest absolute Gasteiger partial charge is 0.410 e. The number of ether oxygens (including phenoxy) is 1. The van der Waals surface area contributed by atoms with Gasteiger partial charge in [0.15, 0.2) is 0 Å². The molecule has 0 aromatic rings. The SMILES string of the molecule is C[C@@H](O)[C@@H]1CCC2(CCN(C(=O)OC(C)(C)C)CC2)C1=O. The summed E-state index contributed by atoms with van der Waals surface area (Å²) in [4.78, 5) is 26.3. The van der Waals surface area contributed by atoms with E-state index >= 15 is 0 Å². The summed E-state index contributed by atoms with van der Waals surface area (Å²) in [7, 11) is 0. The summed E-state index contributed by atoms with van der Waals surface area (Å²) in [6.07, 6.45) is 2.12. The van der Waals surface area contributed by atoms with E-state index in [0.29, 0.717) is 25.9 Å². The Labute approximate surface area is 126 Å². The van der Waals surface area contributed by atoms with Gasteiger partial charge in [0.2, 0.25) is 0 Å². The van der Waals surface area contributed by atoms with Gasteiger partial charge < -0.3 is 14.7 Å². The van der Waals surface area contributed by atoms with Gasteiger partial charge in [0.25, 0.3) is 0 Å². The Balaban J connectivity index is 1.95. The molecule has 0 unspecified atom stereocenters. The molecule has 1 aliphatic heterocycles. The molecule has 1 spiro atoms. The zero-order chi connectivity index (χ0) is 15.8. The zero-order valence-electron chi connectivity index (χ0n) is 13.5. The predicted octanol–water partition coefficient (Wildman–Crippen LogP) is 2.36. The van der Waals surface area contributed by atoms with Crippen LogP contribution >= 0.6 is 0 Å². The minimum Gasteiger partial charge on any atom is -0.444 e. The molecule has 1 saturated carbocycles. The molecule has 1 amide bonds. The summed E-state index contributed by atoms with van der Waals surface area (Å²) < 4.78 is 5.38. The number of amides is 1. The second kappa shape index (κ2) is 5.59. The lowest BCUT2D eigenvalue weighted by Gasteiger charge is -2.39. The van der Waals surface area contributed by atoms with E-state index in [1.54, 1.807) is 11.8 Å². The lowest BCUT2D eigenvalue weighted by molar-refractivity contribution is -0.133. The highest BCUT2D eigenvalue weighted by Gasteiger charge is 2.50. The van der Waals surface area contributed by atoms with Crippen molar-refractivity contribution in [2.24, 2.45) is 11.3 Å². The molecule has 0 bridgehead atoms. The van der Waals surface area contributed by atoms with E-state index in [1.165, 1.54) is 0 Å². The molecule has 0 radical (unpaired) electrons. The van der Waals surface area contributed by atoms with Gasteiger partial charge in [-0.3, -0.25) is 4.79 Å². The maximum Gasteiger partial charge on any atom is 0.410 e. The molecule has 5 nitrogen and oxygen atoms in total. The number of likely N-dealkylation sites (tertiary alicyclic amines) is 1. The van der Waals surface area contributed by atoms with E-state index in [0.717, 1.165) is 12.8 Å². The van der Waals surface area contributed by atoms with E-state index in [9.17, 15) is 14.7 Å². The number of carbonyl (C=O) groups is 2. The van der Waals surface area contributed by atoms with Gasteiger partial charge in [-0.1, -0.05) is 0 Å². The fraction of sp³-hybridized carbons (Fsp3) is 0.875. The van der Waals surface area contributed by atoms with Crippen LogP contribution in [-0.4, -0.2) is 46.7 Å². The molecule has 2 atom stereocenters. The monoisotopic (exact) mass is 297 g/mol. The summed E-state index contributed by atoms with van der Waals surface area (Å²) in [6.45, 7) is 8.37. The van der Waals surface area contributed by atoms with Crippen LogP contribution in [0.2, 0.25) is 0 Å². The third-order valence-corrected chi connectivity index (χ3v) is 4.75. The molecule has 120 valence electrons. The summed E-state index contributed by atoms with van der Waals surface area (Å²) in [5.41, 5.74) is -0.813. The maximum absolute atomic E-state index is 12.5. The minimum atomic E-state index is -0.569. The Morgan fingerprint density at radius 1 is 1.33 bits per heavy atom. The highest BCUT2D eigenvalue weighted by molar-refractivity contribution is 5.89. The molecule has 1 heterocycles. The Kier molecular flexibility index (Phi) is 4.34. The van der Waals surface area contributed by atoms with E-state index in [-0.39, 0.29) is 23.2 Å². The van der Waals surface area contributed by atoms with E-state index in [2.05, 4.69) is 0 Å². The number of piperidine rings is 1. The molecule has 1 aliphatic carbocycles.